The number of rotatable bonds is 6. The molecule has 0 spiro atoms. The summed E-state index contributed by atoms with van der Waals surface area (Å²) < 4.78 is 11.2. The molecule has 3 amide bonds. The van der Waals surface area contributed by atoms with Crippen LogP contribution < -0.4 is 10.1 Å². The van der Waals surface area contributed by atoms with Gasteiger partial charge in [0.15, 0.2) is 0 Å². The van der Waals surface area contributed by atoms with Crippen LogP contribution in [0.2, 0.25) is 0 Å². The molecule has 4 N–H and O–H groups in total. The molecule has 2 aromatic heterocycles. The van der Waals surface area contributed by atoms with Crippen LogP contribution >= 0.6 is 0 Å². The highest BCUT2D eigenvalue weighted by Gasteiger charge is 2.41. The molecule has 0 aliphatic carbocycles. The smallest absolute Gasteiger partial charge is 0.407 e. The topological polar surface area (TPSA) is 166 Å². The van der Waals surface area contributed by atoms with E-state index in [1.54, 1.807) is 6.20 Å². The Bertz CT molecular complexity index is 2230. The predicted molar refractivity (Wildman–Crippen MR) is 195 cm³/mol. The average molecular weight is 706 g/mol. The summed E-state index contributed by atoms with van der Waals surface area (Å²) >= 11 is 0. The van der Waals surface area contributed by atoms with Crippen LogP contribution in [0.3, 0.4) is 0 Å². The summed E-state index contributed by atoms with van der Waals surface area (Å²) in [5.74, 6) is 2.17. The van der Waals surface area contributed by atoms with Crippen LogP contribution in [0, 0.1) is 11.8 Å². The van der Waals surface area contributed by atoms with E-state index in [0.29, 0.717) is 19.0 Å². The van der Waals surface area contributed by atoms with Crippen LogP contribution in [0.5, 0.6) is 5.75 Å². The van der Waals surface area contributed by atoms with E-state index in [2.05, 4.69) is 63.6 Å². The number of methoxy groups -OCH3 is 1. The lowest BCUT2D eigenvalue weighted by Gasteiger charge is -2.32. The number of nitrogens with one attached hydrogen (secondary N) is 3. The second kappa shape index (κ2) is 12.9. The van der Waals surface area contributed by atoms with E-state index >= 15 is 0 Å². The lowest BCUT2D eigenvalue weighted by Crippen LogP contribution is -2.52. The molecule has 13 heteroatoms. The molecule has 0 radical (unpaired) electrons. The molecule has 0 unspecified atom stereocenters. The van der Waals surface area contributed by atoms with Gasteiger partial charge >= 0.3 is 12.2 Å². The quantitative estimate of drug-likeness (QED) is 0.144. The number of ether oxygens (including phenoxy) is 2. The number of carbonyl (C=O) groups is 3. The number of fused-ring (bicyclic) bond motifs is 6. The van der Waals surface area contributed by atoms with Crippen LogP contribution in [-0.4, -0.2) is 78.7 Å². The fraction of sp³-hybridized carbons (Fsp3) is 0.410. The molecule has 3 aliphatic heterocycles. The van der Waals surface area contributed by atoms with Crippen LogP contribution in [-0.2, 0) is 16.1 Å². The van der Waals surface area contributed by atoms with Crippen molar-refractivity contribution in [2.24, 2.45) is 11.8 Å². The molecule has 13 nitrogen and oxygen atoms in total. The van der Waals surface area contributed by atoms with E-state index in [9.17, 15) is 19.5 Å². The maximum atomic E-state index is 13.9. The zero-order valence-electron chi connectivity index (χ0n) is 29.9. The fourth-order valence-corrected chi connectivity index (χ4v) is 8.29. The van der Waals surface area contributed by atoms with Crippen molar-refractivity contribution in [3.05, 3.63) is 65.9 Å². The van der Waals surface area contributed by atoms with Gasteiger partial charge in [0.1, 0.15) is 30.0 Å². The molecule has 3 aromatic carbocycles. The monoisotopic (exact) mass is 705 g/mol. The minimum atomic E-state index is -0.925. The number of imidazole rings is 2. The van der Waals surface area contributed by atoms with Crippen LogP contribution in [0.25, 0.3) is 44.2 Å². The van der Waals surface area contributed by atoms with E-state index in [0.717, 1.165) is 80.6 Å². The van der Waals surface area contributed by atoms with Crippen molar-refractivity contribution in [3.63, 3.8) is 0 Å². The molecule has 5 heterocycles. The van der Waals surface area contributed by atoms with Crippen LogP contribution in [0.1, 0.15) is 76.3 Å². The number of carboxylic acid groups (broad SMARTS) is 1. The lowest BCUT2D eigenvalue weighted by molar-refractivity contribution is -0.137. The number of carbonyl (C=O) groups excluding carboxylic acids is 2. The number of hydrogen-bond donors (Lipinski definition) is 4. The first kappa shape index (κ1) is 33.5. The standard InChI is InChI=1S/C39H43N7O6/c1-19(2)33(44-38(48)51-5)37(47)46-21(4)6-11-30(46)36-41-28-10-8-22-14-27-25-9-7-23(13-24(25)18-52-32(27)15-26(22)34(28)43-36)29-16-40-35(42-29)31-12-20(3)17-45(31)39(49)50/h7-10,13-16,19-21,30-31,33H,6,11-12,17-18H2,1-5H3,(H,40,42)(H,41,43)(H,44,48)(H,49,50)/t20-,21-,30-,31-,33-/m0/s1. The van der Waals surface area contributed by atoms with Crippen molar-refractivity contribution < 1.29 is 29.0 Å². The maximum absolute atomic E-state index is 13.9. The molecule has 0 saturated carbocycles. The lowest BCUT2D eigenvalue weighted by atomic mass is 9.92. The number of alkyl carbamates (subject to hydrolysis) is 1. The molecular formula is C39H43N7O6. The van der Waals surface area contributed by atoms with Crippen molar-refractivity contribution in [1.82, 2.24) is 35.1 Å². The van der Waals surface area contributed by atoms with Gasteiger partial charge in [0, 0.05) is 23.5 Å². The number of H-pyrrole nitrogens is 2. The Labute approximate surface area is 300 Å². The van der Waals surface area contributed by atoms with Crippen molar-refractivity contribution in [3.8, 4) is 28.1 Å². The molecule has 52 heavy (non-hydrogen) atoms. The zero-order valence-corrected chi connectivity index (χ0v) is 29.9. The van der Waals surface area contributed by atoms with Gasteiger partial charge in [-0.15, -0.1) is 0 Å². The Kier molecular flexibility index (Phi) is 8.31. The highest BCUT2D eigenvalue weighted by atomic mass is 16.5. The number of aromatic nitrogens is 4. The molecule has 0 bridgehead atoms. The summed E-state index contributed by atoms with van der Waals surface area (Å²) in [7, 11) is 1.29. The van der Waals surface area contributed by atoms with E-state index in [1.165, 1.54) is 12.0 Å². The summed E-state index contributed by atoms with van der Waals surface area (Å²) in [5.41, 5.74) is 6.62. The highest BCUT2D eigenvalue weighted by molar-refractivity contribution is 6.07. The van der Waals surface area contributed by atoms with E-state index in [-0.39, 0.29) is 35.9 Å². The third kappa shape index (κ3) is 5.68. The third-order valence-corrected chi connectivity index (χ3v) is 11.0. The summed E-state index contributed by atoms with van der Waals surface area (Å²) in [6.45, 7) is 8.81. The molecule has 5 aromatic rings. The van der Waals surface area contributed by atoms with Crippen LogP contribution in [0.15, 0.2) is 48.7 Å². The van der Waals surface area contributed by atoms with Gasteiger partial charge in [-0.05, 0) is 84.4 Å². The van der Waals surface area contributed by atoms with Crippen molar-refractivity contribution in [2.75, 3.05) is 13.7 Å². The van der Waals surface area contributed by atoms with Gasteiger partial charge in [-0.1, -0.05) is 39.0 Å². The first-order valence-corrected chi connectivity index (χ1v) is 17.9. The molecule has 5 atom stereocenters. The number of hydrogen-bond acceptors (Lipinski definition) is 7. The Morgan fingerprint density at radius 1 is 1.02 bits per heavy atom. The molecular weight excluding hydrogens is 662 g/mol. The van der Waals surface area contributed by atoms with Gasteiger partial charge in [-0.2, -0.15) is 0 Å². The zero-order chi connectivity index (χ0) is 36.4. The third-order valence-electron chi connectivity index (χ3n) is 11.0. The number of amides is 3. The van der Waals surface area contributed by atoms with Crippen molar-refractivity contribution in [1.29, 1.82) is 0 Å². The molecule has 3 aliphatic rings. The van der Waals surface area contributed by atoms with Gasteiger partial charge in [0.2, 0.25) is 5.91 Å². The minimum absolute atomic E-state index is 0.0158. The fourth-order valence-electron chi connectivity index (χ4n) is 8.29. The second-order valence-electron chi connectivity index (χ2n) is 14.8. The molecule has 270 valence electrons. The molecule has 8 rings (SSSR count). The highest BCUT2D eigenvalue weighted by Crippen LogP contribution is 2.44. The Hall–Kier alpha value is -5.59. The average Bonchev–Trinajstić information content (AvgIpc) is 3.94. The Balaban J connectivity index is 1.08. The first-order chi connectivity index (χ1) is 25.0. The largest absolute Gasteiger partial charge is 0.488 e. The van der Waals surface area contributed by atoms with Crippen molar-refractivity contribution >= 4 is 39.9 Å². The van der Waals surface area contributed by atoms with Gasteiger partial charge in [-0.25, -0.2) is 19.6 Å². The summed E-state index contributed by atoms with van der Waals surface area (Å²) in [4.78, 5) is 57.7. The Morgan fingerprint density at radius 3 is 2.62 bits per heavy atom. The van der Waals surface area contributed by atoms with Crippen LogP contribution in [0.4, 0.5) is 9.59 Å². The van der Waals surface area contributed by atoms with E-state index in [1.807, 2.05) is 31.7 Å². The van der Waals surface area contributed by atoms with Gasteiger partial charge < -0.3 is 34.8 Å². The maximum Gasteiger partial charge on any atom is 0.407 e. The normalized spacial score (nSPS) is 21.7. The minimum Gasteiger partial charge on any atom is -0.488 e. The van der Waals surface area contributed by atoms with Gasteiger partial charge in [0.25, 0.3) is 0 Å². The number of benzene rings is 3. The summed E-state index contributed by atoms with van der Waals surface area (Å²) in [6.07, 6.45) is 2.54. The number of nitrogens with zero attached hydrogens (tertiary/aromatic N) is 4. The molecule has 2 fully saturated rings. The van der Waals surface area contributed by atoms with Gasteiger partial charge in [0.05, 0.1) is 42.1 Å². The second-order valence-corrected chi connectivity index (χ2v) is 14.8. The summed E-state index contributed by atoms with van der Waals surface area (Å²) in [6, 6.07) is 13.3. The van der Waals surface area contributed by atoms with E-state index in [4.69, 9.17) is 14.5 Å². The first-order valence-electron chi connectivity index (χ1n) is 17.9. The Morgan fingerprint density at radius 2 is 1.85 bits per heavy atom. The summed E-state index contributed by atoms with van der Waals surface area (Å²) in [5, 5.41) is 14.4. The van der Waals surface area contributed by atoms with Crippen molar-refractivity contribution in [2.45, 2.75) is 77.7 Å². The SMILES string of the molecule is COC(=O)N[C@H](C(=O)N1[C@@H](C)CC[C@H]1c1nc2ccc3cc4c(cc3c2[nH]1)OCc1cc(-c2cnc([C@@H]3C[C@H](C)CN3C(=O)O)[nH]2)ccc1-4)C(C)C. The number of likely N-dealkylation sites (tertiary alicyclic amines) is 2. The number of aromatic amines is 2. The molecule has 2 saturated heterocycles. The van der Waals surface area contributed by atoms with E-state index < -0.39 is 18.2 Å². The van der Waals surface area contributed by atoms with Gasteiger partial charge in [-0.3, -0.25) is 9.69 Å². The predicted octanol–water partition coefficient (Wildman–Crippen LogP) is 7.16.